The van der Waals surface area contributed by atoms with Crippen molar-refractivity contribution in [2.45, 2.75) is 64.3 Å². The number of nitrogens with zero attached hydrogens (tertiary/aromatic N) is 2. The summed E-state index contributed by atoms with van der Waals surface area (Å²) in [6.45, 7) is 4.31. The molecule has 0 spiro atoms. The van der Waals surface area contributed by atoms with Gasteiger partial charge in [-0.2, -0.15) is 4.98 Å². The summed E-state index contributed by atoms with van der Waals surface area (Å²) in [5, 5.41) is 4.12. The Morgan fingerprint density at radius 2 is 2.24 bits per heavy atom. The molecular formula is C13H23N3O. The molecule has 1 aliphatic carbocycles. The molecule has 1 saturated carbocycles. The highest BCUT2D eigenvalue weighted by Crippen LogP contribution is 2.40. The molecule has 4 nitrogen and oxygen atoms in total. The second-order valence-electron chi connectivity index (χ2n) is 5.15. The first-order chi connectivity index (χ1) is 8.20. The van der Waals surface area contributed by atoms with Crippen LogP contribution in [0.25, 0.3) is 0 Å². The third kappa shape index (κ3) is 2.37. The van der Waals surface area contributed by atoms with Gasteiger partial charge in [-0.05, 0) is 25.2 Å². The number of hydrogen-bond donors (Lipinski definition) is 1. The van der Waals surface area contributed by atoms with Gasteiger partial charge in [0, 0.05) is 6.42 Å². The van der Waals surface area contributed by atoms with E-state index in [0.29, 0.717) is 5.92 Å². The molecule has 0 saturated heterocycles. The van der Waals surface area contributed by atoms with Gasteiger partial charge in [0.2, 0.25) is 5.89 Å². The minimum absolute atomic E-state index is 0.359. The maximum absolute atomic E-state index is 6.56. The van der Waals surface area contributed by atoms with Gasteiger partial charge < -0.3 is 10.3 Å². The number of hydrogen-bond acceptors (Lipinski definition) is 4. The summed E-state index contributed by atoms with van der Waals surface area (Å²) in [6.07, 6.45) is 7.58. The van der Waals surface area contributed by atoms with Crippen LogP contribution < -0.4 is 5.73 Å². The van der Waals surface area contributed by atoms with Gasteiger partial charge in [0.25, 0.3) is 0 Å². The van der Waals surface area contributed by atoms with Gasteiger partial charge >= 0.3 is 0 Å². The normalized spacial score (nSPS) is 29.5. The first-order valence-electron chi connectivity index (χ1n) is 6.82. The molecule has 0 amide bonds. The molecule has 0 aliphatic heterocycles. The average Bonchev–Trinajstić information content (AvgIpc) is 2.79. The topological polar surface area (TPSA) is 64.9 Å². The Labute approximate surface area is 103 Å². The first kappa shape index (κ1) is 12.6. The third-order valence-corrected chi connectivity index (χ3v) is 3.96. The summed E-state index contributed by atoms with van der Waals surface area (Å²) in [5.74, 6) is 1.95. The van der Waals surface area contributed by atoms with E-state index in [2.05, 4.69) is 24.0 Å². The zero-order valence-electron chi connectivity index (χ0n) is 10.9. The van der Waals surface area contributed by atoms with E-state index in [-0.39, 0.29) is 5.54 Å². The smallest absolute Gasteiger partial charge is 0.226 e. The van der Waals surface area contributed by atoms with Gasteiger partial charge in [0.15, 0.2) is 5.82 Å². The molecule has 0 radical (unpaired) electrons. The van der Waals surface area contributed by atoms with E-state index < -0.39 is 0 Å². The van der Waals surface area contributed by atoms with Crippen LogP contribution in [0.4, 0.5) is 0 Å². The Morgan fingerprint density at radius 1 is 1.41 bits per heavy atom. The van der Waals surface area contributed by atoms with Gasteiger partial charge in [-0.3, -0.25) is 0 Å². The largest absolute Gasteiger partial charge is 0.339 e. The van der Waals surface area contributed by atoms with Gasteiger partial charge in [-0.15, -0.1) is 0 Å². The molecule has 2 rings (SSSR count). The summed E-state index contributed by atoms with van der Waals surface area (Å²) in [5.41, 5.74) is 6.20. The fraction of sp³-hybridized carbons (Fsp3) is 0.846. The number of rotatable bonds is 4. The molecule has 1 heterocycles. The van der Waals surface area contributed by atoms with E-state index in [1.807, 2.05) is 0 Å². The van der Waals surface area contributed by atoms with Crippen LogP contribution in [-0.4, -0.2) is 10.1 Å². The second kappa shape index (κ2) is 5.17. The Morgan fingerprint density at radius 3 is 2.94 bits per heavy atom. The van der Waals surface area contributed by atoms with E-state index in [1.165, 1.54) is 19.3 Å². The molecule has 2 unspecified atom stereocenters. The van der Waals surface area contributed by atoms with Crippen LogP contribution in [0.15, 0.2) is 4.52 Å². The van der Waals surface area contributed by atoms with Crippen molar-refractivity contribution in [1.82, 2.24) is 10.1 Å². The van der Waals surface area contributed by atoms with Crippen molar-refractivity contribution in [2.75, 3.05) is 0 Å². The molecule has 1 aromatic heterocycles. The summed E-state index contributed by atoms with van der Waals surface area (Å²) >= 11 is 0. The monoisotopic (exact) mass is 237 g/mol. The van der Waals surface area contributed by atoms with E-state index in [4.69, 9.17) is 10.3 Å². The molecule has 0 aromatic carbocycles. The van der Waals surface area contributed by atoms with Crippen LogP contribution in [0.2, 0.25) is 0 Å². The Hall–Kier alpha value is -0.900. The predicted molar refractivity (Wildman–Crippen MR) is 66.4 cm³/mol. The molecule has 0 bridgehead atoms. The first-order valence-corrected chi connectivity index (χ1v) is 6.82. The van der Waals surface area contributed by atoms with Crippen molar-refractivity contribution in [3.63, 3.8) is 0 Å². The summed E-state index contributed by atoms with van der Waals surface area (Å²) < 4.78 is 5.28. The minimum atomic E-state index is -0.359. The van der Waals surface area contributed by atoms with E-state index in [9.17, 15) is 0 Å². The standard InChI is InChI=1S/C13H23N3O/c1-3-7-11-15-12(16-17-11)13(14)9-6-5-8-10(13)4-2/h10H,3-9,14H2,1-2H3. The summed E-state index contributed by atoms with van der Waals surface area (Å²) in [4.78, 5) is 4.49. The highest BCUT2D eigenvalue weighted by Gasteiger charge is 2.41. The second-order valence-corrected chi connectivity index (χ2v) is 5.15. The molecular weight excluding hydrogens is 214 g/mol. The molecule has 2 atom stereocenters. The fourth-order valence-corrected chi connectivity index (χ4v) is 2.89. The quantitative estimate of drug-likeness (QED) is 0.874. The van der Waals surface area contributed by atoms with Crippen LogP contribution in [-0.2, 0) is 12.0 Å². The Kier molecular flexibility index (Phi) is 3.82. The van der Waals surface area contributed by atoms with Crippen molar-refractivity contribution < 1.29 is 4.52 Å². The molecule has 2 N–H and O–H groups in total. The van der Waals surface area contributed by atoms with Gasteiger partial charge in [-0.1, -0.05) is 38.3 Å². The Balaban J connectivity index is 2.21. The van der Waals surface area contributed by atoms with Crippen molar-refractivity contribution in [2.24, 2.45) is 11.7 Å². The molecule has 4 heteroatoms. The highest BCUT2D eigenvalue weighted by atomic mass is 16.5. The van der Waals surface area contributed by atoms with Crippen molar-refractivity contribution in [3.8, 4) is 0 Å². The maximum Gasteiger partial charge on any atom is 0.226 e. The van der Waals surface area contributed by atoms with Gasteiger partial charge in [-0.25, -0.2) is 0 Å². The van der Waals surface area contributed by atoms with Crippen molar-refractivity contribution in [3.05, 3.63) is 11.7 Å². The predicted octanol–water partition coefficient (Wildman–Crippen LogP) is 2.78. The van der Waals surface area contributed by atoms with E-state index >= 15 is 0 Å². The van der Waals surface area contributed by atoms with E-state index in [1.54, 1.807) is 0 Å². The molecule has 1 aliphatic rings. The van der Waals surface area contributed by atoms with Crippen molar-refractivity contribution >= 4 is 0 Å². The lowest BCUT2D eigenvalue weighted by molar-refractivity contribution is 0.169. The van der Waals surface area contributed by atoms with Crippen LogP contribution in [0.1, 0.15) is 64.1 Å². The molecule has 1 fully saturated rings. The highest BCUT2D eigenvalue weighted by molar-refractivity contribution is 5.08. The van der Waals surface area contributed by atoms with Gasteiger partial charge in [0.1, 0.15) is 0 Å². The zero-order valence-corrected chi connectivity index (χ0v) is 10.9. The number of nitrogens with two attached hydrogens (primary N) is 1. The van der Waals surface area contributed by atoms with Crippen LogP contribution in [0, 0.1) is 5.92 Å². The SMILES string of the molecule is CCCc1nc(C2(N)CCCCC2CC)no1. The molecule has 17 heavy (non-hydrogen) atoms. The Bertz CT molecular complexity index is 363. The molecule has 96 valence electrons. The summed E-state index contributed by atoms with van der Waals surface area (Å²) in [7, 11) is 0. The van der Waals surface area contributed by atoms with Crippen molar-refractivity contribution in [1.29, 1.82) is 0 Å². The lowest BCUT2D eigenvalue weighted by Gasteiger charge is -2.38. The van der Waals surface area contributed by atoms with Gasteiger partial charge in [0.05, 0.1) is 5.54 Å². The average molecular weight is 237 g/mol. The fourth-order valence-electron chi connectivity index (χ4n) is 2.89. The number of aryl methyl sites for hydroxylation is 1. The summed E-state index contributed by atoms with van der Waals surface area (Å²) in [6, 6.07) is 0. The lowest BCUT2D eigenvalue weighted by atomic mass is 9.71. The van der Waals surface area contributed by atoms with Crippen LogP contribution in [0.5, 0.6) is 0 Å². The number of aromatic nitrogens is 2. The van der Waals surface area contributed by atoms with E-state index in [0.717, 1.165) is 37.4 Å². The lowest BCUT2D eigenvalue weighted by Crippen LogP contribution is -2.47. The zero-order chi connectivity index (χ0) is 12.3. The minimum Gasteiger partial charge on any atom is -0.339 e. The van der Waals surface area contributed by atoms with Crippen LogP contribution >= 0.6 is 0 Å². The van der Waals surface area contributed by atoms with Crippen LogP contribution in [0.3, 0.4) is 0 Å². The molecule has 1 aromatic rings. The third-order valence-electron chi connectivity index (χ3n) is 3.96. The maximum atomic E-state index is 6.56.